The van der Waals surface area contributed by atoms with E-state index in [4.69, 9.17) is 0 Å². The summed E-state index contributed by atoms with van der Waals surface area (Å²) in [6.45, 7) is 13.3. The number of hydrogen-bond acceptors (Lipinski definition) is 3. The minimum atomic E-state index is 0.106. The van der Waals surface area contributed by atoms with Gasteiger partial charge in [-0.15, -0.1) is 0 Å². The Balaban J connectivity index is 3.18. The number of nitrogens with zero attached hydrogens (tertiary/aromatic N) is 2. The van der Waals surface area contributed by atoms with E-state index < -0.39 is 0 Å². The lowest BCUT2D eigenvalue weighted by atomic mass is 9.79. The van der Waals surface area contributed by atoms with E-state index in [1.165, 1.54) is 17.4 Å². The smallest absolute Gasteiger partial charge is 0.0836 e. The van der Waals surface area contributed by atoms with Crippen molar-refractivity contribution < 1.29 is 0 Å². The van der Waals surface area contributed by atoms with E-state index in [1.54, 1.807) is 0 Å². The van der Waals surface area contributed by atoms with Crippen molar-refractivity contribution in [1.29, 1.82) is 0 Å². The zero-order valence-corrected chi connectivity index (χ0v) is 10.8. The van der Waals surface area contributed by atoms with Gasteiger partial charge in [-0.25, -0.2) is 0 Å². The molecule has 0 bridgehead atoms. The summed E-state index contributed by atoms with van der Waals surface area (Å²) < 4.78 is 8.89. The van der Waals surface area contributed by atoms with Crippen LogP contribution in [-0.2, 0) is 10.8 Å². The average Bonchev–Trinajstić information content (AvgIpc) is 2.51. The van der Waals surface area contributed by atoms with E-state index in [-0.39, 0.29) is 10.8 Å². The van der Waals surface area contributed by atoms with Gasteiger partial charge in [0.05, 0.1) is 23.1 Å². The van der Waals surface area contributed by atoms with Crippen LogP contribution in [-0.4, -0.2) is 8.75 Å². The van der Waals surface area contributed by atoms with Crippen molar-refractivity contribution in [3.05, 3.63) is 11.4 Å². The van der Waals surface area contributed by atoms with Crippen molar-refractivity contribution >= 4 is 11.7 Å². The Morgan fingerprint density at radius 1 is 1.00 bits per heavy atom. The third-order valence-electron chi connectivity index (χ3n) is 2.72. The third-order valence-corrected chi connectivity index (χ3v) is 3.25. The Bertz CT molecular complexity index is 307. The largest absolute Gasteiger partial charge is 0.177 e. The van der Waals surface area contributed by atoms with Crippen LogP contribution in [0.1, 0.15) is 59.4 Å². The summed E-state index contributed by atoms with van der Waals surface area (Å²) in [5.74, 6) is 0. The lowest BCUT2D eigenvalue weighted by molar-refractivity contribution is 0.465. The normalized spacial score (nSPS) is 13.3. The van der Waals surface area contributed by atoms with Crippen molar-refractivity contribution in [2.24, 2.45) is 0 Å². The van der Waals surface area contributed by atoms with E-state index in [9.17, 15) is 0 Å². The first kappa shape index (κ1) is 11.6. The zero-order chi connectivity index (χ0) is 11.0. The molecule has 1 rings (SSSR count). The van der Waals surface area contributed by atoms with Gasteiger partial charge in [0, 0.05) is 10.8 Å². The van der Waals surface area contributed by atoms with E-state index in [2.05, 4.69) is 50.3 Å². The molecule has 0 radical (unpaired) electrons. The maximum Gasteiger partial charge on any atom is 0.0836 e. The van der Waals surface area contributed by atoms with Gasteiger partial charge in [0.25, 0.3) is 0 Å². The van der Waals surface area contributed by atoms with Crippen LogP contribution in [0.3, 0.4) is 0 Å². The second-order valence-electron chi connectivity index (χ2n) is 5.45. The molecule has 0 fully saturated rings. The fraction of sp³-hybridized carbons (Fsp3) is 0.818. The minimum Gasteiger partial charge on any atom is -0.177 e. The summed E-state index contributed by atoms with van der Waals surface area (Å²) in [4.78, 5) is 0. The van der Waals surface area contributed by atoms with Crippen molar-refractivity contribution in [2.45, 2.75) is 58.8 Å². The SMILES string of the molecule is CCC(C)(C)c1nsnc1C(C)(C)C. The Hall–Kier alpha value is -0.440. The van der Waals surface area contributed by atoms with Crippen LogP contribution >= 0.6 is 11.7 Å². The zero-order valence-electron chi connectivity index (χ0n) is 10.0. The van der Waals surface area contributed by atoms with Crippen LogP contribution in [0.4, 0.5) is 0 Å². The molecule has 1 heterocycles. The Morgan fingerprint density at radius 3 is 1.93 bits per heavy atom. The van der Waals surface area contributed by atoms with Gasteiger partial charge in [-0.05, 0) is 6.42 Å². The highest BCUT2D eigenvalue weighted by molar-refractivity contribution is 6.99. The molecule has 1 aromatic rings. The molecule has 0 saturated carbocycles. The third kappa shape index (κ3) is 2.14. The van der Waals surface area contributed by atoms with Gasteiger partial charge in [-0.3, -0.25) is 0 Å². The molecule has 3 heteroatoms. The molecule has 0 spiro atoms. The molecule has 0 atom stereocenters. The van der Waals surface area contributed by atoms with Gasteiger partial charge >= 0.3 is 0 Å². The fourth-order valence-electron chi connectivity index (χ4n) is 1.29. The van der Waals surface area contributed by atoms with Gasteiger partial charge in [0.1, 0.15) is 0 Å². The Kier molecular flexibility index (Phi) is 3.00. The van der Waals surface area contributed by atoms with Crippen LogP contribution in [0.5, 0.6) is 0 Å². The summed E-state index contributed by atoms with van der Waals surface area (Å²) in [5.41, 5.74) is 2.59. The van der Waals surface area contributed by atoms with Crippen molar-refractivity contribution in [2.75, 3.05) is 0 Å². The molecule has 0 aliphatic carbocycles. The molecule has 0 unspecified atom stereocenters. The van der Waals surface area contributed by atoms with Crippen molar-refractivity contribution in [3.8, 4) is 0 Å². The summed E-state index contributed by atoms with van der Waals surface area (Å²) in [5, 5.41) is 0. The maximum absolute atomic E-state index is 4.46. The van der Waals surface area contributed by atoms with Crippen molar-refractivity contribution in [3.63, 3.8) is 0 Å². The van der Waals surface area contributed by atoms with Crippen LogP contribution in [0.15, 0.2) is 0 Å². The number of hydrogen-bond donors (Lipinski definition) is 0. The van der Waals surface area contributed by atoms with Gasteiger partial charge in [0.15, 0.2) is 0 Å². The molecule has 0 amide bonds. The second kappa shape index (κ2) is 3.61. The molecule has 0 N–H and O–H groups in total. The van der Waals surface area contributed by atoms with Gasteiger partial charge in [0.2, 0.25) is 0 Å². The highest BCUT2D eigenvalue weighted by Crippen LogP contribution is 2.34. The van der Waals surface area contributed by atoms with E-state index in [0.29, 0.717) is 0 Å². The standard InChI is InChI=1S/C11H20N2S/c1-7-11(5,6)9-8(10(2,3)4)12-14-13-9/h7H2,1-6H3. The van der Waals surface area contributed by atoms with Crippen LogP contribution < -0.4 is 0 Å². The fourth-order valence-corrected chi connectivity index (χ4v) is 2.19. The van der Waals surface area contributed by atoms with Crippen LogP contribution in [0, 0.1) is 0 Å². The highest BCUT2D eigenvalue weighted by atomic mass is 32.1. The molecular formula is C11H20N2S. The minimum absolute atomic E-state index is 0.106. The summed E-state index contributed by atoms with van der Waals surface area (Å²) in [6, 6.07) is 0. The molecule has 2 nitrogen and oxygen atoms in total. The molecule has 0 aliphatic rings. The van der Waals surface area contributed by atoms with Gasteiger partial charge in [-0.2, -0.15) is 8.75 Å². The topological polar surface area (TPSA) is 25.8 Å². The number of aromatic nitrogens is 2. The molecule has 1 aromatic heterocycles. The van der Waals surface area contributed by atoms with E-state index in [0.717, 1.165) is 12.1 Å². The summed E-state index contributed by atoms with van der Waals surface area (Å²) in [6.07, 6.45) is 1.10. The van der Waals surface area contributed by atoms with Gasteiger partial charge in [-0.1, -0.05) is 41.5 Å². The predicted molar refractivity (Wildman–Crippen MR) is 61.9 cm³/mol. The average molecular weight is 212 g/mol. The first-order valence-electron chi connectivity index (χ1n) is 5.12. The quantitative estimate of drug-likeness (QED) is 0.749. The Morgan fingerprint density at radius 2 is 1.50 bits per heavy atom. The summed E-state index contributed by atoms with van der Waals surface area (Å²) >= 11 is 1.34. The molecule has 80 valence electrons. The van der Waals surface area contributed by atoms with E-state index in [1.807, 2.05) is 0 Å². The van der Waals surface area contributed by atoms with Crippen LogP contribution in [0.25, 0.3) is 0 Å². The van der Waals surface area contributed by atoms with Crippen molar-refractivity contribution in [1.82, 2.24) is 8.75 Å². The predicted octanol–water partition coefficient (Wildman–Crippen LogP) is 3.52. The second-order valence-corrected chi connectivity index (χ2v) is 5.98. The monoisotopic (exact) mass is 212 g/mol. The first-order valence-corrected chi connectivity index (χ1v) is 5.85. The molecule has 0 aliphatic heterocycles. The Labute approximate surface area is 91.1 Å². The molecule has 0 saturated heterocycles. The summed E-state index contributed by atoms with van der Waals surface area (Å²) in [7, 11) is 0. The lowest BCUT2D eigenvalue weighted by Gasteiger charge is -2.25. The lowest BCUT2D eigenvalue weighted by Crippen LogP contribution is -2.23. The van der Waals surface area contributed by atoms with E-state index >= 15 is 0 Å². The maximum atomic E-state index is 4.46. The first-order chi connectivity index (χ1) is 6.29. The molecular weight excluding hydrogens is 192 g/mol. The highest BCUT2D eigenvalue weighted by Gasteiger charge is 2.30. The van der Waals surface area contributed by atoms with Crippen LogP contribution in [0.2, 0.25) is 0 Å². The van der Waals surface area contributed by atoms with Gasteiger partial charge < -0.3 is 0 Å². The molecule has 14 heavy (non-hydrogen) atoms. The molecule has 0 aromatic carbocycles. The number of rotatable bonds is 2.